The lowest BCUT2D eigenvalue weighted by molar-refractivity contribution is -0.250. The number of aliphatic hydroxyl groups is 4. The van der Waals surface area contributed by atoms with Crippen LogP contribution in [0.25, 0.3) is 10.9 Å². The van der Waals surface area contributed by atoms with E-state index in [9.17, 15) is 20.4 Å². The van der Waals surface area contributed by atoms with Crippen molar-refractivity contribution in [1.82, 2.24) is 4.57 Å². The van der Waals surface area contributed by atoms with Gasteiger partial charge in [0, 0.05) is 11.6 Å². The van der Waals surface area contributed by atoms with Gasteiger partial charge in [-0.05, 0) is 47.9 Å². The third-order valence-corrected chi connectivity index (χ3v) is 7.17. The van der Waals surface area contributed by atoms with Gasteiger partial charge in [0.2, 0.25) is 0 Å². The molecular weight excluding hydrogens is 406 g/mol. The Hall–Kier alpha value is -2.22. The van der Waals surface area contributed by atoms with Gasteiger partial charge in [-0.3, -0.25) is 0 Å². The maximum absolute atomic E-state index is 10.6. The summed E-state index contributed by atoms with van der Waals surface area (Å²) in [5, 5.41) is 41.6. The van der Waals surface area contributed by atoms with Crippen molar-refractivity contribution in [2.45, 2.75) is 68.7 Å². The molecule has 2 fully saturated rings. The highest BCUT2D eigenvalue weighted by atomic mass is 16.6. The van der Waals surface area contributed by atoms with Gasteiger partial charge in [-0.1, -0.05) is 55.3 Å². The molecule has 0 amide bonds. The zero-order valence-corrected chi connectivity index (χ0v) is 18.0. The highest BCUT2D eigenvalue weighted by molar-refractivity contribution is 5.84. The maximum atomic E-state index is 10.6. The summed E-state index contributed by atoms with van der Waals surface area (Å²) < 4.78 is 7.62. The number of rotatable bonds is 5. The molecule has 6 nitrogen and oxygen atoms in total. The predicted octanol–water partition coefficient (Wildman–Crippen LogP) is 2.86. The van der Waals surface area contributed by atoms with Gasteiger partial charge in [0.1, 0.15) is 24.4 Å². The topological polar surface area (TPSA) is 95.1 Å². The third-order valence-electron chi connectivity index (χ3n) is 7.17. The molecule has 2 heterocycles. The first-order chi connectivity index (χ1) is 15.6. The van der Waals surface area contributed by atoms with Crippen molar-refractivity contribution < 1.29 is 25.2 Å². The number of benzene rings is 2. The van der Waals surface area contributed by atoms with Crippen LogP contribution in [0.1, 0.15) is 54.5 Å². The number of hydrogen-bond acceptors (Lipinski definition) is 5. The predicted molar refractivity (Wildman–Crippen MR) is 121 cm³/mol. The Morgan fingerprint density at radius 3 is 2.31 bits per heavy atom. The van der Waals surface area contributed by atoms with Crippen LogP contribution in [0.4, 0.5) is 0 Å². The molecular formula is C26H31NO5. The minimum atomic E-state index is -1.40. The zero-order chi connectivity index (χ0) is 22.2. The minimum absolute atomic E-state index is 0.444. The van der Waals surface area contributed by atoms with Crippen LogP contribution in [0.3, 0.4) is 0 Å². The van der Waals surface area contributed by atoms with Gasteiger partial charge < -0.3 is 29.7 Å². The Bertz CT molecular complexity index is 1050. The van der Waals surface area contributed by atoms with Crippen LogP contribution in [0.5, 0.6) is 0 Å². The molecule has 4 N–H and O–H groups in total. The Morgan fingerprint density at radius 2 is 1.59 bits per heavy atom. The van der Waals surface area contributed by atoms with Crippen molar-refractivity contribution in [2.75, 3.05) is 6.61 Å². The largest absolute Gasteiger partial charge is 0.394 e. The first-order valence-corrected chi connectivity index (χ1v) is 11.5. The molecule has 0 spiro atoms. The lowest BCUT2D eigenvalue weighted by Crippen LogP contribution is -2.56. The molecule has 0 unspecified atom stereocenters. The van der Waals surface area contributed by atoms with Gasteiger partial charge in [0.25, 0.3) is 0 Å². The third kappa shape index (κ3) is 3.87. The zero-order valence-electron chi connectivity index (χ0n) is 18.0. The van der Waals surface area contributed by atoms with E-state index in [0.717, 1.165) is 22.9 Å². The van der Waals surface area contributed by atoms with E-state index >= 15 is 0 Å². The van der Waals surface area contributed by atoms with E-state index in [2.05, 4.69) is 24.3 Å². The van der Waals surface area contributed by atoms with E-state index in [1.165, 1.54) is 36.8 Å². The van der Waals surface area contributed by atoms with Crippen LogP contribution in [0.2, 0.25) is 0 Å². The number of aromatic nitrogens is 1. The average Bonchev–Trinajstić information content (AvgIpc) is 3.48. The lowest BCUT2D eigenvalue weighted by atomic mass is 9.95. The van der Waals surface area contributed by atoms with Crippen LogP contribution in [0.15, 0.2) is 54.7 Å². The smallest absolute Gasteiger partial charge is 0.163 e. The van der Waals surface area contributed by atoms with Gasteiger partial charge in [-0.15, -0.1) is 0 Å². The molecule has 1 saturated carbocycles. The first kappa shape index (κ1) is 21.6. The molecule has 2 aromatic carbocycles. The van der Waals surface area contributed by atoms with Gasteiger partial charge in [0.05, 0.1) is 12.1 Å². The molecule has 1 aliphatic carbocycles. The maximum Gasteiger partial charge on any atom is 0.163 e. The monoisotopic (exact) mass is 437 g/mol. The van der Waals surface area contributed by atoms with E-state index in [1.807, 2.05) is 30.5 Å². The number of ether oxygens (including phenoxy) is 1. The normalized spacial score (nSPS) is 29.1. The highest BCUT2D eigenvalue weighted by Crippen LogP contribution is 2.36. The van der Waals surface area contributed by atoms with Gasteiger partial charge in [-0.2, -0.15) is 0 Å². The van der Waals surface area contributed by atoms with E-state index < -0.39 is 37.3 Å². The van der Waals surface area contributed by atoms with Crippen LogP contribution in [-0.2, 0) is 11.2 Å². The fourth-order valence-corrected chi connectivity index (χ4v) is 5.33. The molecule has 6 heteroatoms. The molecule has 5 atom stereocenters. The van der Waals surface area contributed by atoms with Crippen LogP contribution in [-0.4, -0.2) is 56.0 Å². The Labute approximate surface area is 187 Å². The van der Waals surface area contributed by atoms with Crippen LogP contribution < -0.4 is 0 Å². The molecule has 3 aromatic rings. The Balaban J connectivity index is 1.45. The highest BCUT2D eigenvalue weighted by Gasteiger charge is 2.44. The van der Waals surface area contributed by atoms with Crippen LogP contribution >= 0.6 is 0 Å². The minimum Gasteiger partial charge on any atom is -0.394 e. The number of aliphatic hydroxyl groups excluding tert-OH is 4. The second-order valence-electron chi connectivity index (χ2n) is 9.20. The summed E-state index contributed by atoms with van der Waals surface area (Å²) in [7, 11) is 0. The summed E-state index contributed by atoms with van der Waals surface area (Å²) >= 11 is 0. The van der Waals surface area contributed by atoms with Crippen molar-refractivity contribution in [3.05, 3.63) is 71.4 Å². The SMILES string of the molecule is OC[C@H]1O[C@@H](n2cc(Cc3ccc(C4CCCC4)cc3)c3ccccc32)[C@H](O)[C@@H](O)[C@@H]1O. The molecule has 2 aliphatic rings. The summed E-state index contributed by atoms with van der Waals surface area (Å²) in [6, 6.07) is 16.8. The Morgan fingerprint density at radius 1 is 0.875 bits per heavy atom. The van der Waals surface area contributed by atoms with Crippen molar-refractivity contribution in [3.63, 3.8) is 0 Å². The molecule has 1 aliphatic heterocycles. The first-order valence-electron chi connectivity index (χ1n) is 11.5. The summed E-state index contributed by atoms with van der Waals surface area (Å²) in [5.41, 5.74) is 4.60. The number of fused-ring (bicyclic) bond motifs is 1. The fraction of sp³-hybridized carbons (Fsp3) is 0.462. The van der Waals surface area contributed by atoms with E-state index in [0.29, 0.717) is 5.92 Å². The van der Waals surface area contributed by atoms with Gasteiger partial charge in [-0.25, -0.2) is 0 Å². The summed E-state index contributed by atoms with van der Waals surface area (Å²) in [4.78, 5) is 0. The van der Waals surface area contributed by atoms with E-state index in [-0.39, 0.29) is 0 Å². The number of nitrogens with zero attached hydrogens (tertiary/aromatic N) is 1. The second-order valence-corrected chi connectivity index (χ2v) is 9.20. The molecule has 170 valence electrons. The Kier molecular flexibility index (Phi) is 6.05. The average molecular weight is 438 g/mol. The molecule has 0 radical (unpaired) electrons. The van der Waals surface area contributed by atoms with Crippen molar-refractivity contribution in [2.24, 2.45) is 0 Å². The van der Waals surface area contributed by atoms with Crippen molar-refractivity contribution >= 4 is 10.9 Å². The summed E-state index contributed by atoms with van der Waals surface area (Å²) in [6.07, 6.45) is 1.95. The molecule has 1 aromatic heterocycles. The van der Waals surface area contributed by atoms with Gasteiger partial charge >= 0.3 is 0 Å². The lowest BCUT2D eigenvalue weighted by Gasteiger charge is -2.40. The molecule has 1 saturated heterocycles. The number of hydrogen-bond donors (Lipinski definition) is 4. The second kappa shape index (κ2) is 8.96. The van der Waals surface area contributed by atoms with Crippen molar-refractivity contribution in [1.29, 1.82) is 0 Å². The standard InChI is InChI=1S/C26H31NO5/c28-15-22-23(29)24(30)25(31)26(32-22)27-14-19(20-7-3-4-8-21(20)27)13-16-9-11-18(12-10-16)17-5-1-2-6-17/h3-4,7-12,14,17,22-26,28-31H,1-2,5-6,13,15H2/t22-,23-,24+,25-,26-/m1/s1. The summed E-state index contributed by atoms with van der Waals surface area (Å²) in [6.45, 7) is -0.444. The van der Waals surface area contributed by atoms with Crippen molar-refractivity contribution in [3.8, 4) is 0 Å². The van der Waals surface area contributed by atoms with E-state index in [1.54, 1.807) is 4.57 Å². The summed E-state index contributed by atoms with van der Waals surface area (Å²) in [5.74, 6) is 0.692. The molecule has 0 bridgehead atoms. The van der Waals surface area contributed by atoms with Gasteiger partial charge in [0.15, 0.2) is 6.23 Å². The fourth-order valence-electron chi connectivity index (χ4n) is 5.33. The molecule has 32 heavy (non-hydrogen) atoms. The quantitative estimate of drug-likeness (QED) is 0.492. The number of para-hydroxylation sites is 1. The molecule has 5 rings (SSSR count). The van der Waals surface area contributed by atoms with Crippen LogP contribution in [0, 0.1) is 0 Å². The van der Waals surface area contributed by atoms with E-state index in [4.69, 9.17) is 4.74 Å².